The van der Waals surface area contributed by atoms with E-state index >= 15 is 0 Å². The third kappa shape index (κ3) is 5.69. The Morgan fingerprint density at radius 2 is 1.89 bits per heavy atom. The summed E-state index contributed by atoms with van der Waals surface area (Å²) in [6.07, 6.45) is 0. The average molecular weight is 371 g/mol. The highest BCUT2D eigenvalue weighted by Crippen LogP contribution is 2.19. The van der Waals surface area contributed by atoms with E-state index in [0.29, 0.717) is 18.0 Å². The van der Waals surface area contributed by atoms with Crippen molar-refractivity contribution >= 4 is 11.6 Å². The molecule has 0 aromatic heterocycles. The minimum atomic E-state index is -0.174. The van der Waals surface area contributed by atoms with Crippen molar-refractivity contribution in [2.75, 3.05) is 50.8 Å². The summed E-state index contributed by atoms with van der Waals surface area (Å²) >= 11 is 0. The number of amides is 1. The SMILES string of the molecule is Cc1cccc(OCC(=O)NCCN2CCN(c3ccccc3F)CC2)c1. The van der Waals surface area contributed by atoms with Crippen LogP contribution in [0.3, 0.4) is 0 Å². The van der Waals surface area contributed by atoms with Gasteiger partial charge in [-0.05, 0) is 36.8 Å². The fraction of sp³-hybridized carbons (Fsp3) is 0.381. The third-order valence-electron chi connectivity index (χ3n) is 4.68. The monoisotopic (exact) mass is 371 g/mol. The highest BCUT2D eigenvalue weighted by atomic mass is 19.1. The van der Waals surface area contributed by atoms with Crippen LogP contribution in [0.4, 0.5) is 10.1 Å². The molecule has 1 saturated heterocycles. The second-order valence-electron chi connectivity index (χ2n) is 6.74. The van der Waals surface area contributed by atoms with E-state index in [4.69, 9.17) is 4.74 Å². The summed E-state index contributed by atoms with van der Waals surface area (Å²) in [5.41, 5.74) is 1.76. The molecule has 0 radical (unpaired) electrons. The Balaban J connectivity index is 1.33. The van der Waals surface area contributed by atoms with Gasteiger partial charge in [0.05, 0.1) is 5.69 Å². The number of benzene rings is 2. The molecule has 1 aliphatic heterocycles. The normalized spacial score (nSPS) is 14.8. The van der Waals surface area contributed by atoms with E-state index < -0.39 is 0 Å². The van der Waals surface area contributed by atoms with E-state index in [-0.39, 0.29) is 18.3 Å². The molecule has 1 heterocycles. The van der Waals surface area contributed by atoms with Crippen LogP contribution >= 0.6 is 0 Å². The predicted octanol–water partition coefficient (Wildman–Crippen LogP) is 2.45. The average Bonchev–Trinajstić information content (AvgIpc) is 2.68. The van der Waals surface area contributed by atoms with Crippen LogP contribution in [0.15, 0.2) is 48.5 Å². The first kappa shape index (κ1) is 19.2. The van der Waals surface area contributed by atoms with Gasteiger partial charge in [0.1, 0.15) is 11.6 Å². The molecule has 5 nitrogen and oxygen atoms in total. The van der Waals surface area contributed by atoms with Crippen molar-refractivity contribution in [3.63, 3.8) is 0 Å². The third-order valence-corrected chi connectivity index (χ3v) is 4.68. The fourth-order valence-electron chi connectivity index (χ4n) is 3.18. The number of carbonyl (C=O) groups excluding carboxylic acids is 1. The number of carbonyl (C=O) groups is 1. The Labute approximate surface area is 159 Å². The largest absolute Gasteiger partial charge is 0.484 e. The predicted molar refractivity (Wildman–Crippen MR) is 105 cm³/mol. The van der Waals surface area contributed by atoms with E-state index in [1.54, 1.807) is 6.07 Å². The number of aryl methyl sites for hydroxylation is 1. The van der Waals surface area contributed by atoms with E-state index in [1.807, 2.05) is 43.3 Å². The van der Waals surface area contributed by atoms with Crippen molar-refractivity contribution in [3.05, 3.63) is 59.9 Å². The lowest BCUT2D eigenvalue weighted by Gasteiger charge is -2.36. The number of piperazine rings is 1. The molecule has 0 saturated carbocycles. The Morgan fingerprint density at radius 1 is 1.11 bits per heavy atom. The summed E-state index contributed by atoms with van der Waals surface area (Å²) in [6.45, 7) is 6.63. The molecule has 1 aliphatic rings. The lowest BCUT2D eigenvalue weighted by molar-refractivity contribution is -0.123. The number of nitrogens with one attached hydrogen (secondary N) is 1. The van der Waals surface area contributed by atoms with Crippen LogP contribution in [0.5, 0.6) is 5.75 Å². The van der Waals surface area contributed by atoms with Gasteiger partial charge >= 0.3 is 0 Å². The van der Waals surface area contributed by atoms with Crippen LogP contribution in [-0.2, 0) is 4.79 Å². The Hall–Kier alpha value is -2.60. The molecule has 27 heavy (non-hydrogen) atoms. The topological polar surface area (TPSA) is 44.8 Å². The number of para-hydroxylation sites is 1. The summed E-state index contributed by atoms with van der Waals surface area (Å²) in [7, 11) is 0. The van der Waals surface area contributed by atoms with Gasteiger partial charge in [-0.25, -0.2) is 4.39 Å². The van der Waals surface area contributed by atoms with E-state index in [2.05, 4.69) is 15.1 Å². The zero-order valence-electron chi connectivity index (χ0n) is 15.7. The zero-order chi connectivity index (χ0) is 19.1. The summed E-state index contributed by atoms with van der Waals surface area (Å²) in [5.74, 6) is 0.405. The van der Waals surface area contributed by atoms with Gasteiger partial charge in [-0.1, -0.05) is 24.3 Å². The van der Waals surface area contributed by atoms with Gasteiger partial charge in [0.25, 0.3) is 5.91 Å². The number of hydrogen-bond donors (Lipinski definition) is 1. The molecule has 1 fully saturated rings. The Morgan fingerprint density at radius 3 is 2.63 bits per heavy atom. The highest BCUT2D eigenvalue weighted by Gasteiger charge is 2.19. The zero-order valence-corrected chi connectivity index (χ0v) is 15.7. The van der Waals surface area contributed by atoms with Gasteiger partial charge in [-0.15, -0.1) is 0 Å². The smallest absolute Gasteiger partial charge is 0.257 e. The van der Waals surface area contributed by atoms with Gasteiger partial charge in [-0.3, -0.25) is 9.69 Å². The molecule has 0 bridgehead atoms. The highest BCUT2D eigenvalue weighted by molar-refractivity contribution is 5.77. The molecular formula is C21H26FN3O2. The minimum Gasteiger partial charge on any atom is -0.484 e. The fourth-order valence-corrected chi connectivity index (χ4v) is 3.18. The van der Waals surface area contributed by atoms with Crippen molar-refractivity contribution in [2.45, 2.75) is 6.92 Å². The van der Waals surface area contributed by atoms with Crippen LogP contribution in [0.25, 0.3) is 0 Å². The molecule has 0 unspecified atom stereocenters. The second kappa shape index (κ2) is 9.37. The number of nitrogens with zero attached hydrogens (tertiary/aromatic N) is 2. The molecular weight excluding hydrogens is 345 g/mol. The van der Waals surface area contributed by atoms with Crippen molar-refractivity contribution in [3.8, 4) is 5.75 Å². The van der Waals surface area contributed by atoms with Crippen molar-refractivity contribution < 1.29 is 13.9 Å². The minimum absolute atomic E-state index is 0.0184. The first-order valence-electron chi connectivity index (χ1n) is 9.30. The van der Waals surface area contributed by atoms with Gasteiger partial charge in [0, 0.05) is 39.3 Å². The van der Waals surface area contributed by atoms with Crippen molar-refractivity contribution in [2.24, 2.45) is 0 Å². The van der Waals surface area contributed by atoms with Crippen LogP contribution in [0.2, 0.25) is 0 Å². The standard InChI is InChI=1S/C21H26FN3O2/c1-17-5-4-6-18(15-17)27-16-21(26)23-9-10-24-11-13-25(14-12-24)20-8-3-2-7-19(20)22/h2-8,15H,9-14,16H2,1H3,(H,23,26). The maximum Gasteiger partial charge on any atom is 0.257 e. The van der Waals surface area contributed by atoms with E-state index in [9.17, 15) is 9.18 Å². The summed E-state index contributed by atoms with van der Waals surface area (Å²) < 4.78 is 19.4. The molecule has 1 amide bonds. The van der Waals surface area contributed by atoms with E-state index in [1.165, 1.54) is 6.07 Å². The van der Waals surface area contributed by atoms with Gasteiger partial charge < -0.3 is 15.0 Å². The first-order chi connectivity index (χ1) is 13.1. The summed E-state index contributed by atoms with van der Waals surface area (Å²) in [5, 5.41) is 2.89. The number of ether oxygens (including phenoxy) is 1. The van der Waals surface area contributed by atoms with Gasteiger partial charge in [0.2, 0.25) is 0 Å². The molecule has 1 N–H and O–H groups in total. The number of rotatable bonds is 7. The molecule has 0 aliphatic carbocycles. The van der Waals surface area contributed by atoms with Gasteiger partial charge in [-0.2, -0.15) is 0 Å². The summed E-state index contributed by atoms with van der Waals surface area (Å²) in [6, 6.07) is 14.5. The lowest BCUT2D eigenvalue weighted by Crippen LogP contribution is -2.49. The number of anilines is 1. The number of halogens is 1. The molecule has 0 atom stereocenters. The van der Waals surface area contributed by atoms with E-state index in [0.717, 1.165) is 38.3 Å². The Bertz CT molecular complexity index is 761. The molecule has 0 spiro atoms. The maximum atomic E-state index is 13.9. The van der Waals surface area contributed by atoms with Crippen LogP contribution in [0, 0.1) is 12.7 Å². The lowest BCUT2D eigenvalue weighted by atomic mass is 10.2. The molecule has 144 valence electrons. The molecule has 6 heteroatoms. The van der Waals surface area contributed by atoms with Crippen molar-refractivity contribution in [1.29, 1.82) is 0 Å². The second-order valence-corrected chi connectivity index (χ2v) is 6.74. The first-order valence-corrected chi connectivity index (χ1v) is 9.30. The van der Waals surface area contributed by atoms with Crippen LogP contribution in [0.1, 0.15) is 5.56 Å². The molecule has 2 aromatic carbocycles. The molecule has 2 aromatic rings. The number of hydrogen-bond acceptors (Lipinski definition) is 4. The summed E-state index contributed by atoms with van der Waals surface area (Å²) in [4.78, 5) is 16.3. The van der Waals surface area contributed by atoms with Crippen LogP contribution in [-0.4, -0.2) is 56.7 Å². The quantitative estimate of drug-likeness (QED) is 0.812. The van der Waals surface area contributed by atoms with Crippen LogP contribution < -0.4 is 15.0 Å². The van der Waals surface area contributed by atoms with Crippen molar-refractivity contribution in [1.82, 2.24) is 10.2 Å². The Kier molecular flexibility index (Phi) is 6.65. The molecule has 3 rings (SSSR count). The maximum absolute atomic E-state index is 13.9. The van der Waals surface area contributed by atoms with Gasteiger partial charge in [0.15, 0.2) is 6.61 Å².